The van der Waals surface area contributed by atoms with E-state index in [1.165, 1.54) is 4.90 Å². The second-order valence-electron chi connectivity index (χ2n) is 6.22. The molecule has 0 radical (unpaired) electrons. The van der Waals surface area contributed by atoms with Crippen LogP contribution in [-0.2, 0) is 11.3 Å². The first-order chi connectivity index (χ1) is 12.6. The van der Waals surface area contributed by atoms with Crippen molar-refractivity contribution in [2.75, 3.05) is 6.61 Å². The first kappa shape index (κ1) is 18.0. The number of nitrogens with zero attached hydrogens (tertiary/aromatic N) is 1. The highest BCUT2D eigenvalue weighted by Crippen LogP contribution is 2.24. The van der Waals surface area contributed by atoms with Crippen molar-refractivity contribution in [3.63, 3.8) is 0 Å². The van der Waals surface area contributed by atoms with E-state index in [0.717, 1.165) is 5.56 Å². The molecule has 1 N–H and O–H groups in total. The van der Waals surface area contributed by atoms with Crippen molar-refractivity contribution in [2.45, 2.75) is 25.7 Å². The van der Waals surface area contributed by atoms with Gasteiger partial charge < -0.3 is 9.84 Å². The lowest BCUT2D eigenvalue weighted by atomic mass is 10.1. The smallest absolute Gasteiger partial charge is 0.262 e. The number of hydrogen-bond acceptors (Lipinski definition) is 4. The van der Waals surface area contributed by atoms with Crippen LogP contribution in [0.5, 0.6) is 0 Å². The minimum Gasteiger partial charge on any atom is -0.387 e. The fraction of sp³-hybridized carbons (Fsp3) is 0.238. The minimum absolute atomic E-state index is 0.139. The Morgan fingerprint density at radius 1 is 0.962 bits per heavy atom. The minimum atomic E-state index is -0.809. The Labute approximate surface area is 152 Å². The molecule has 0 fully saturated rings. The van der Waals surface area contributed by atoms with Crippen LogP contribution in [-0.4, -0.2) is 40.6 Å². The van der Waals surface area contributed by atoms with Gasteiger partial charge >= 0.3 is 0 Å². The number of ether oxygens (including phenoxy) is 1. The number of hydrogen-bond donors (Lipinski definition) is 1. The van der Waals surface area contributed by atoms with Crippen LogP contribution >= 0.6 is 0 Å². The Kier molecular flexibility index (Phi) is 5.61. The topological polar surface area (TPSA) is 66.8 Å². The van der Waals surface area contributed by atoms with Crippen molar-refractivity contribution < 1.29 is 19.4 Å². The molecule has 134 valence electrons. The summed E-state index contributed by atoms with van der Waals surface area (Å²) in [5.41, 5.74) is 1.87. The zero-order valence-electron chi connectivity index (χ0n) is 14.5. The van der Waals surface area contributed by atoms with Crippen LogP contribution in [0.3, 0.4) is 0 Å². The fourth-order valence-corrected chi connectivity index (χ4v) is 2.88. The van der Waals surface area contributed by atoms with Gasteiger partial charge in [-0.25, -0.2) is 0 Å². The summed E-state index contributed by atoms with van der Waals surface area (Å²) in [4.78, 5) is 26.0. The number of benzene rings is 2. The lowest BCUT2D eigenvalue weighted by Crippen LogP contribution is -2.37. The second-order valence-corrected chi connectivity index (χ2v) is 6.22. The molecule has 0 bridgehead atoms. The number of aliphatic hydroxyl groups is 1. The van der Waals surface area contributed by atoms with Gasteiger partial charge in [0.25, 0.3) is 11.8 Å². The van der Waals surface area contributed by atoms with Gasteiger partial charge in [0, 0.05) is 0 Å². The quantitative estimate of drug-likeness (QED) is 0.615. The van der Waals surface area contributed by atoms with Crippen LogP contribution in [0.25, 0.3) is 0 Å². The summed E-state index contributed by atoms with van der Waals surface area (Å²) in [6, 6.07) is 16.0. The lowest BCUT2D eigenvalue weighted by molar-refractivity contribution is 0.0496. The van der Waals surface area contributed by atoms with Crippen molar-refractivity contribution in [1.82, 2.24) is 4.90 Å². The highest BCUT2D eigenvalue weighted by Gasteiger charge is 2.37. The summed E-state index contributed by atoms with van der Waals surface area (Å²) in [6.07, 6.45) is 2.40. The molecule has 0 aromatic heterocycles. The van der Waals surface area contributed by atoms with Crippen LogP contribution in [0.2, 0.25) is 0 Å². The monoisotopic (exact) mass is 351 g/mol. The first-order valence-electron chi connectivity index (χ1n) is 8.53. The summed E-state index contributed by atoms with van der Waals surface area (Å²) in [5.74, 6) is -0.616. The molecule has 3 rings (SSSR count). The van der Waals surface area contributed by atoms with Crippen LogP contribution in [0.15, 0.2) is 66.7 Å². The normalized spacial score (nSPS) is 16.2. The third-order valence-corrected chi connectivity index (χ3v) is 4.24. The molecule has 2 aromatic carbocycles. The maximum absolute atomic E-state index is 12.4. The zero-order valence-corrected chi connectivity index (χ0v) is 14.5. The van der Waals surface area contributed by atoms with Crippen molar-refractivity contribution in [1.29, 1.82) is 0 Å². The van der Waals surface area contributed by atoms with E-state index >= 15 is 0 Å². The molecule has 1 aliphatic heterocycles. The van der Waals surface area contributed by atoms with Gasteiger partial charge in [0.2, 0.25) is 0 Å². The molecule has 5 heteroatoms. The number of rotatable bonds is 7. The van der Waals surface area contributed by atoms with Gasteiger partial charge in [0.1, 0.15) is 0 Å². The predicted octanol–water partition coefficient (Wildman–Crippen LogP) is 2.81. The van der Waals surface area contributed by atoms with Gasteiger partial charge in [-0.3, -0.25) is 14.5 Å². The lowest BCUT2D eigenvalue weighted by Gasteiger charge is -2.19. The van der Waals surface area contributed by atoms with E-state index in [4.69, 9.17) is 4.74 Å². The maximum Gasteiger partial charge on any atom is 0.262 e. The molecular formula is C21H21NO4. The Bertz CT molecular complexity index is 781. The molecule has 26 heavy (non-hydrogen) atoms. The Morgan fingerprint density at radius 3 is 2.15 bits per heavy atom. The van der Waals surface area contributed by atoms with Crippen LogP contribution in [0.1, 0.15) is 33.2 Å². The van der Waals surface area contributed by atoms with E-state index in [-0.39, 0.29) is 18.4 Å². The van der Waals surface area contributed by atoms with E-state index in [1.54, 1.807) is 43.3 Å². The molecule has 0 unspecified atom stereocenters. The molecule has 1 aliphatic rings. The van der Waals surface area contributed by atoms with E-state index in [2.05, 4.69) is 0 Å². The molecule has 2 atom stereocenters. The molecular weight excluding hydrogens is 330 g/mol. The van der Waals surface area contributed by atoms with Gasteiger partial charge in [-0.15, -0.1) is 0 Å². The molecule has 1 heterocycles. The summed E-state index contributed by atoms with van der Waals surface area (Å²) in [5, 5.41) is 10.0. The Hall–Kier alpha value is -2.76. The second kappa shape index (κ2) is 8.08. The predicted molar refractivity (Wildman–Crippen MR) is 97.6 cm³/mol. The average molecular weight is 351 g/mol. The van der Waals surface area contributed by atoms with Gasteiger partial charge in [0.15, 0.2) is 0 Å². The third kappa shape index (κ3) is 3.90. The Balaban J connectivity index is 1.53. The summed E-state index contributed by atoms with van der Waals surface area (Å²) in [6.45, 7) is 2.30. The average Bonchev–Trinajstić information content (AvgIpc) is 2.92. The number of aliphatic hydroxyl groups excluding tert-OH is 1. The highest BCUT2D eigenvalue weighted by molar-refractivity contribution is 6.21. The number of fused-ring (bicyclic) bond motifs is 1. The summed E-state index contributed by atoms with van der Waals surface area (Å²) in [7, 11) is 0. The van der Waals surface area contributed by atoms with Gasteiger partial charge in [-0.05, 0) is 24.6 Å². The van der Waals surface area contributed by atoms with Gasteiger partial charge in [0.05, 0.1) is 36.5 Å². The van der Waals surface area contributed by atoms with Crippen molar-refractivity contribution in [3.8, 4) is 0 Å². The SMILES string of the molecule is C[C@H](/C=C/[C@@H](O)COCc1ccccc1)N1C(=O)c2ccccc2C1=O. The van der Waals surface area contributed by atoms with Gasteiger partial charge in [-0.1, -0.05) is 54.6 Å². The Morgan fingerprint density at radius 2 is 1.54 bits per heavy atom. The number of imide groups is 1. The highest BCUT2D eigenvalue weighted by atomic mass is 16.5. The van der Waals surface area contributed by atoms with Crippen molar-refractivity contribution in [3.05, 3.63) is 83.4 Å². The van der Waals surface area contributed by atoms with Crippen LogP contribution < -0.4 is 0 Å². The maximum atomic E-state index is 12.4. The number of carbonyl (C=O) groups is 2. The molecule has 0 aliphatic carbocycles. The molecule has 0 saturated heterocycles. The number of carbonyl (C=O) groups excluding carboxylic acids is 2. The van der Waals surface area contributed by atoms with Gasteiger partial charge in [-0.2, -0.15) is 0 Å². The molecule has 0 spiro atoms. The largest absolute Gasteiger partial charge is 0.387 e. The van der Waals surface area contributed by atoms with E-state index in [1.807, 2.05) is 30.3 Å². The number of amides is 2. The van der Waals surface area contributed by atoms with E-state index in [9.17, 15) is 14.7 Å². The molecule has 5 nitrogen and oxygen atoms in total. The third-order valence-electron chi connectivity index (χ3n) is 4.24. The van der Waals surface area contributed by atoms with E-state index in [0.29, 0.717) is 17.7 Å². The van der Waals surface area contributed by atoms with Crippen LogP contribution in [0.4, 0.5) is 0 Å². The van der Waals surface area contributed by atoms with Crippen LogP contribution in [0, 0.1) is 0 Å². The standard InChI is InChI=1S/C21H21NO4/c1-15(22-20(24)18-9-5-6-10-19(18)21(22)25)11-12-17(23)14-26-13-16-7-3-2-4-8-16/h2-12,15,17,23H,13-14H2,1H3/b12-11+/t15-,17-/m1/s1. The molecule has 0 saturated carbocycles. The van der Waals surface area contributed by atoms with E-state index < -0.39 is 12.1 Å². The summed E-state index contributed by atoms with van der Waals surface area (Å²) >= 11 is 0. The summed E-state index contributed by atoms with van der Waals surface area (Å²) < 4.78 is 5.48. The zero-order chi connectivity index (χ0) is 18.5. The first-order valence-corrected chi connectivity index (χ1v) is 8.53. The van der Waals surface area contributed by atoms with Crippen molar-refractivity contribution >= 4 is 11.8 Å². The molecule has 2 amide bonds. The van der Waals surface area contributed by atoms with Crippen molar-refractivity contribution in [2.24, 2.45) is 0 Å². The fourth-order valence-electron chi connectivity index (χ4n) is 2.88. The molecule has 2 aromatic rings.